The van der Waals surface area contributed by atoms with E-state index in [1.165, 1.54) is 16.7 Å². The number of carbonyl (C=O) groups is 1. The number of amides is 1. The minimum atomic E-state index is -4.58. The average Bonchev–Trinajstić information content (AvgIpc) is 2.94. The molecule has 9 nitrogen and oxygen atoms in total. The maximum atomic E-state index is 13.3. The average molecular weight is 574 g/mol. The number of aryl methyl sites for hydroxylation is 2. The van der Waals surface area contributed by atoms with Crippen LogP contribution in [0, 0.1) is 13.8 Å². The highest BCUT2D eigenvalue weighted by Crippen LogP contribution is 2.30. The van der Waals surface area contributed by atoms with Crippen LogP contribution in [0.5, 0.6) is 0 Å². The Kier molecular flexibility index (Phi) is 7.38. The molecule has 0 saturated carbocycles. The minimum absolute atomic E-state index is 0.150. The first-order valence-electron chi connectivity index (χ1n) is 12.8. The molecule has 0 spiro atoms. The van der Waals surface area contributed by atoms with Crippen molar-refractivity contribution in [3.05, 3.63) is 106 Å². The standard InChI is InChI=1S/C30H26F3N7O2/c1-17-11-12-22(35-27(41)19-7-5-8-20(13-19)30(31,32)33)15-25(17)40-18(2)24-16-34-28(37-26(24)38-29(40)42)36-21-9-6-10-23(14-21)39(3)4/h5-16H,1-4H3,(H,35,41)(H,36,37,38,42). The van der Waals surface area contributed by atoms with E-state index in [0.29, 0.717) is 28.0 Å². The summed E-state index contributed by atoms with van der Waals surface area (Å²) >= 11 is 0. The van der Waals surface area contributed by atoms with Crippen LogP contribution in [-0.2, 0) is 6.18 Å². The molecule has 2 aromatic heterocycles. The number of nitrogens with one attached hydrogen (secondary N) is 2. The summed E-state index contributed by atoms with van der Waals surface area (Å²) in [6.45, 7) is 3.52. The lowest BCUT2D eigenvalue weighted by Crippen LogP contribution is -2.25. The Labute approximate surface area is 238 Å². The summed E-state index contributed by atoms with van der Waals surface area (Å²) in [5.41, 5.74) is 2.26. The van der Waals surface area contributed by atoms with Gasteiger partial charge in [0.25, 0.3) is 5.91 Å². The molecular formula is C30H26F3N7O2. The fourth-order valence-corrected chi connectivity index (χ4v) is 4.42. The number of halogens is 3. The fraction of sp³-hybridized carbons (Fsp3) is 0.167. The van der Waals surface area contributed by atoms with Gasteiger partial charge in [-0.2, -0.15) is 23.1 Å². The SMILES string of the molecule is Cc1ccc(NC(=O)c2cccc(C(F)(F)F)c2)cc1-n1c(C)c2cnc(Nc3cccc(N(C)C)c3)nc2nc1=O. The number of benzene rings is 3. The number of anilines is 4. The fourth-order valence-electron chi connectivity index (χ4n) is 4.42. The van der Waals surface area contributed by atoms with Crippen molar-refractivity contribution in [1.82, 2.24) is 19.5 Å². The van der Waals surface area contributed by atoms with E-state index in [0.717, 1.165) is 23.5 Å². The summed E-state index contributed by atoms with van der Waals surface area (Å²) in [5.74, 6) is -0.445. The van der Waals surface area contributed by atoms with Crippen LogP contribution in [-0.4, -0.2) is 39.5 Å². The van der Waals surface area contributed by atoms with Crippen molar-refractivity contribution in [2.45, 2.75) is 20.0 Å². The maximum Gasteiger partial charge on any atom is 0.416 e. The van der Waals surface area contributed by atoms with Crippen LogP contribution in [0.15, 0.2) is 77.7 Å². The van der Waals surface area contributed by atoms with Gasteiger partial charge in [-0.25, -0.2) is 9.78 Å². The Hall–Kier alpha value is -5.26. The molecule has 5 rings (SSSR count). The van der Waals surface area contributed by atoms with Gasteiger partial charge in [0.2, 0.25) is 5.95 Å². The lowest BCUT2D eigenvalue weighted by atomic mass is 10.1. The van der Waals surface area contributed by atoms with E-state index in [1.807, 2.05) is 43.3 Å². The number of fused-ring (bicyclic) bond motifs is 1. The third kappa shape index (κ3) is 5.78. The van der Waals surface area contributed by atoms with Gasteiger partial charge in [0.1, 0.15) is 0 Å². The predicted molar refractivity (Wildman–Crippen MR) is 156 cm³/mol. The van der Waals surface area contributed by atoms with Crippen LogP contribution in [0.1, 0.15) is 27.2 Å². The van der Waals surface area contributed by atoms with Gasteiger partial charge >= 0.3 is 11.9 Å². The van der Waals surface area contributed by atoms with Crippen molar-refractivity contribution in [2.75, 3.05) is 29.6 Å². The summed E-state index contributed by atoms with van der Waals surface area (Å²) in [4.78, 5) is 41.0. The molecule has 0 radical (unpaired) electrons. The number of alkyl halides is 3. The van der Waals surface area contributed by atoms with Crippen molar-refractivity contribution in [3.63, 3.8) is 0 Å². The molecule has 3 aromatic carbocycles. The highest BCUT2D eigenvalue weighted by molar-refractivity contribution is 6.04. The molecule has 0 bridgehead atoms. The first-order valence-corrected chi connectivity index (χ1v) is 12.8. The molecular weight excluding hydrogens is 547 g/mol. The third-order valence-corrected chi connectivity index (χ3v) is 6.67. The monoisotopic (exact) mass is 573 g/mol. The molecule has 12 heteroatoms. The van der Waals surface area contributed by atoms with E-state index in [-0.39, 0.29) is 17.2 Å². The van der Waals surface area contributed by atoms with Crippen molar-refractivity contribution in [3.8, 4) is 5.69 Å². The molecule has 0 saturated heterocycles. The molecule has 0 unspecified atom stereocenters. The summed E-state index contributed by atoms with van der Waals surface area (Å²) < 4.78 is 40.7. The molecule has 1 amide bonds. The van der Waals surface area contributed by atoms with E-state index in [2.05, 4.69) is 25.6 Å². The van der Waals surface area contributed by atoms with E-state index < -0.39 is 23.3 Å². The molecule has 2 N–H and O–H groups in total. The first kappa shape index (κ1) is 28.3. The summed E-state index contributed by atoms with van der Waals surface area (Å²) in [6.07, 6.45) is -3.00. The number of aromatic nitrogens is 4. The molecule has 0 atom stereocenters. The highest BCUT2D eigenvalue weighted by Gasteiger charge is 2.31. The maximum absolute atomic E-state index is 13.3. The zero-order chi connectivity index (χ0) is 30.2. The Morgan fingerprint density at radius 1 is 0.929 bits per heavy atom. The van der Waals surface area contributed by atoms with E-state index in [1.54, 1.807) is 38.2 Å². The Balaban J connectivity index is 1.46. The lowest BCUT2D eigenvalue weighted by Gasteiger charge is -2.16. The Bertz CT molecular complexity index is 1880. The molecule has 214 valence electrons. The third-order valence-electron chi connectivity index (χ3n) is 6.67. The van der Waals surface area contributed by atoms with Crippen molar-refractivity contribution >= 4 is 40.0 Å². The van der Waals surface area contributed by atoms with Crippen LogP contribution in [0.4, 0.5) is 36.2 Å². The Morgan fingerprint density at radius 3 is 2.43 bits per heavy atom. The summed E-state index contributed by atoms with van der Waals surface area (Å²) in [5, 5.41) is 6.29. The second-order valence-electron chi connectivity index (χ2n) is 9.85. The zero-order valence-electron chi connectivity index (χ0n) is 23.1. The predicted octanol–water partition coefficient (Wildman–Crippen LogP) is 5.87. The second kappa shape index (κ2) is 11.0. The number of hydrogen-bond donors (Lipinski definition) is 2. The van der Waals surface area contributed by atoms with Crippen molar-refractivity contribution in [2.24, 2.45) is 0 Å². The van der Waals surface area contributed by atoms with E-state index in [4.69, 9.17) is 0 Å². The van der Waals surface area contributed by atoms with Gasteiger partial charge in [-0.05, 0) is 67.9 Å². The number of nitrogens with zero attached hydrogens (tertiary/aromatic N) is 5. The van der Waals surface area contributed by atoms with Crippen LogP contribution in [0.3, 0.4) is 0 Å². The number of hydrogen-bond acceptors (Lipinski definition) is 7. The van der Waals surface area contributed by atoms with Gasteiger partial charge < -0.3 is 15.5 Å². The Morgan fingerprint density at radius 2 is 1.69 bits per heavy atom. The highest BCUT2D eigenvalue weighted by atomic mass is 19.4. The molecule has 0 aliphatic carbocycles. The normalized spacial score (nSPS) is 11.4. The molecule has 0 fully saturated rings. The summed E-state index contributed by atoms with van der Waals surface area (Å²) in [6, 6.07) is 16.7. The van der Waals surface area contributed by atoms with Gasteiger partial charge in [-0.1, -0.05) is 18.2 Å². The lowest BCUT2D eigenvalue weighted by molar-refractivity contribution is -0.137. The van der Waals surface area contributed by atoms with Crippen LogP contribution >= 0.6 is 0 Å². The number of rotatable bonds is 6. The first-order chi connectivity index (χ1) is 19.9. The van der Waals surface area contributed by atoms with Crippen LogP contribution in [0.2, 0.25) is 0 Å². The second-order valence-corrected chi connectivity index (χ2v) is 9.85. The molecule has 2 heterocycles. The van der Waals surface area contributed by atoms with Gasteiger partial charge in [0.05, 0.1) is 16.6 Å². The minimum Gasteiger partial charge on any atom is -0.378 e. The quantitative estimate of drug-likeness (QED) is 0.262. The van der Waals surface area contributed by atoms with Gasteiger partial charge in [-0.3, -0.25) is 9.36 Å². The van der Waals surface area contributed by atoms with E-state index >= 15 is 0 Å². The van der Waals surface area contributed by atoms with Crippen molar-refractivity contribution in [1.29, 1.82) is 0 Å². The summed E-state index contributed by atoms with van der Waals surface area (Å²) in [7, 11) is 3.87. The van der Waals surface area contributed by atoms with E-state index in [9.17, 15) is 22.8 Å². The van der Waals surface area contributed by atoms with Gasteiger partial charge in [-0.15, -0.1) is 0 Å². The van der Waals surface area contributed by atoms with Crippen LogP contribution in [0.25, 0.3) is 16.7 Å². The molecule has 5 aromatic rings. The van der Waals surface area contributed by atoms with Crippen molar-refractivity contribution < 1.29 is 18.0 Å². The largest absolute Gasteiger partial charge is 0.416 e. The number of carbonyl (C=O) groups excluding carboxylic acids is 1. The van der Waals surface area contributed by atoms with Gasteiger partial charge in [0, 0.05) is 48.6 Å². The molecule has 0 aliphatic rings. The molecule has 0 aliphatic heterocycles. The molecule has 42 heavy (non-hydrogen) atoms. The van der Waals surface area contributed by atoms with Crippen LogP contribution < -0.4 is 21.2 Å². The topological polar surface area (TPSA) is 105 Å². The zero-order valence-corrected chi connectivity index (χ0v) is 23.1. The van der Waals surface area contributed by atoms with Gasteiger partial charge in [0.15, 0.2) is 5.65 Å². The smallest absolute Gasteiger partial charge is 0.378 e.